The minimum Gasteiger partial charge on any atom is -0.357 e. The van der Waals surface area contributed by atoms with E-state index in [1.54, 1.807) is 11.8 Å². The molecule has 1 N–H and O–H groups in total. The van der Waals surface area contributed by atoms with Crippen LogP contribution in [0.15, 0.2) is 17.4 Å². The lowest BCUT2D eigenvalue weighted by atomic mass is 9.95. The highest BCUT2D eigenvalue weighted by Gasteiger charge is 2.20. The molecule has 0 unspecified atom stereocenters. The number of thioether (sulfide) groups is 1. The second kappa shape index (κ2) is 3.63. The molecule has 2 heterocycles. The molecule has 0 atom stereocenters. The van der Waals surface area contributed by atoms with E-state index in [1.807, 2.05) is 12.5 Å². The number of fused-ring (bicyclic) bond motifs is 3. The summed E-state index contributed by atoms with van der Waals surface area (Å²) in [7, 11) is 0. The molecular weight excluding hydrogens is 218 g/mol. The van der Waals surface area contributed by atoms with Crippen LogP contribution in [0.1, 0.15) is 16.8 Å². The molecule has 2 aromatic heterocycles. The van der Waals surface area contributed by atoms with Crippen molar-refractivity contribution in [1.29, 1.82) is 0 Å². The molecule has 1 aliphatic carbocycles. The molecule has 0 saturated carbocycles. The van der Waals surface area contributed by atoms with Crippen LogP contribution in [-0.4, -0.2) is 21.2 Å². The molecular formula is C12H13N3S. The lowest BCUT2D eigenvalue weighted by Gasteiger charge is -2.15. The van der Waals surface area contributed by atoms with Crippen LogP contribution >= 0.6 is 11.8 Å². The minimum absolute atomic E-state index is 0.846. The molecule has 4 heteroatoms. The predicted octanol–water partition coefficient (Wildman–Crippen LogP) is 2.60. The number of nitrogens with one attached hydrogen (secondary N) is 1. The normalized spacial score (nSPS) is 13.4. The predicted molar refractivity (Wildman–Crippen MR) is 65.7 cm³/mol. The first-order valence-corrected chi connectivity index (χ1v) is 6.59. The zero-order valence-electron chi connectivity index (χ0n) is 9.37. The van der Waals surface area contributed by atoms with Gasteiger partial charge >= 0.3 is 0 Å². The second-order valence-corrected chi connectivity index (χ2v) is 4.86. The standard InChI is InChI=1S/C12H13N3S/c1-7-5-8-3-4-9-6-13-12(16-2)15-11(9)10(8)14-7/h5-6,14H,3-4H2,1-2H3. The maximum absolute atomic E-state index is 4.61. The van der Waals surface area contributed by atoms with Crippen LogP contribution in [0.25, 0.3) is 11.4 Å². The van der Waals surface area contributed by atoms with E-state index in [2.05, 4.69) is 27.9 Å². The van der Waals surface area contributed by atoms with Crippen LogP contribution in [-0.2, 0) is 12.8 Å². The van der Waals surface area contributed by atoms with Gasteiger partial charge in [-0.1, -0.05) is 11.8 Å². The summed E-state index contributed by atoms with van der Waals surface area (Å²) < 4.78 is 0. The van der Waals surface area contributed by atoms with E-state index in [9.17, 15) is 0 Å². The third-order valence-corrected chi connectivity index (χ3v) is 3.52. The number of H-pyrrole nitrogens is 1. The summed E-state index contributed by atoms with van der Waals surface area (Å²) >= 11 is 1.59. The number of aromatic nitrogens is 3. The molecule has 0 aromatic carbocycles. The van der Waals surface area contributed by atoms with Crippen LogP contribution in [0.4, 0.5) is 0 Å². The Balaban J connectivity index is 2.21. The molecule has 82 valence electrons. The maximum atomic E-state index is 4.61. The van der Waals surface area contributed by atoms with Crippen molar-refractivity contribution in [3.8, 4) is 11.4 Å². The SMILES string of the molecule is CSc1ncc2c(n1)-c1[nH]c(C)cc1CC2. The third kappa shape index (κ3) is 1.45. The molecule has 2 aromatic rings. The number of rotatable bonds is 1. The van der Waals surface area contributed by atoms with Gasteiger partial charge < -0.3 is 4.98 Å². The first kappa shape index (κ1) is 9.90. The van der Waals surface area contributed by atoms with Gasteiger partial charge in [0.05, 0.1) is 11.4 Å². The van der Waals surface area contributed by atoms with Crippen LogP contribution in [0, 0.1) is 6.92 Å². The van der Waals surface area contributed by atoms with E-state index in [0.717, 1.165) is 23.7 Å². The van der Waals surface area contributed by atoms with Gasteiger partial charge in [-0.05, 0) is 43.2 Å². The largest absolute Gasteiger partial charge is 0.357 e. The summed E-state index contributed by atoms with van der Waals surface area (Å²) in [4.78, 5) is 12.3. The fourth-order valence-corrected chi connectivity index (χ4v) is 2.55. The number of aromatic amines is 1. The Morgan fingerprint density at radius 2 is 2.12 bits per heavy atom. The quantitative estimate of drug-likeness (QED) is 0.606. The van der Waals surface area contributed by atoms with E-state index in [-0.39, 0.29) is 0 Å². The van der Waals surface area contributed by atoms with Crippen LogP contribution in [0.2, 0.25) is 0 Å². The molecule has 16 heavy (non-hydrogen) atoms. The topological polar surface area (TPSA) is 41.6 Å². The first-order valence-electron chi connectivity index (χ1n) is 5.36. The van der Waals surface area contributed by atoms with Gasteiger partial charge in [0.25, 0.3) is 0 Å². The first-order chi connectivity index (χ1) is 7.78. The molecule has 0 saturated heterocycles. The van der Waals surface area contributed by atoms with Crippen molar-refractivity contribution in [2.75, 3.05) is 6.26 Å². The Morgan fingerprint density at radius 1 is 1.31 bits per heavy atom. The summed E-state index contributed by atoms with van der Waals surface area (Å²) in [5.74, 6) is 0. The number of aryl methyl sites for hydroxylation is 3. The fourth-order valence-electron chi connectivity index (χ4n) is 2.21. The van der Waals surface area contributed by atoms with Crippen molar-refractivity contribution < 1.29 is 0 Å². The molecule has 3 rings (SSSR count). The Labute approximate surface area is 98.7 Å². The molecule has 0 radical (unpaired) electrons. The van der Waals surface area contributed by atoms with Gasteiger partial charge in [0, 0.05) is 11.9 Å². The highest BCUT2D eigenvalue weighted by atomic mass is 32.2. The van der Waals surface area contributed by atoms with Gasteiger partial charge in [-0.2, -0.15) is 0 Å². The summed E-state index contributed by atoms with van der Waals surface area (Å²) in [6.45, 7) is 2.09. The van der Waals surface area contributed by atoms with Crippen molar-refractivity contribution in [2.24, 2.45) is 0 Å². The summed E-state index contributed by atoms with van der Waals surface area (Å²) in [5.41, 5.74) is 6.13. The lowest BCUT2D eigenvalue weighted by Crippen LogP contribution is -2.06. The second-order valence-electron chi connectivity index (χ2n) is 4.08. The van der Waals surface area contributed by atoms with Crippen molar-refractivity contribution in [1.82, 2.24) is 15.0 Å². The molecule has 3 nitrogen and oxygen atoms in total. The average molecular weight is 231 g/mol. The average Bonchev–Trinajstić information content (AvgIpc) is 2.69. The molecule has 0 amide bonds. The van der Waals surface area contributed by atoms with E-state index >= 15 is 0 Å². The van der Waals surface area contributed by atoms with E-state index in [1.165, 1.54) is 22.5 Å². The van der Waals surface area contributed by atoms with Crippen molar-refractivity contribution >= 4 is 11.8 Å². The molecule has 0 bridgehead atoms. The maximum Gasteiger partial charge on any atom is 0.187 e. The van der Waals surface area contributed by atoms with Crippen LogP contribution in [0.3, 0.4) is 0 Å². The van der Waals surface area contributed by atoms with E-state index < -0.39 is 0 Å². The zero-order chi connectivity index (χ0) is 11.1. The van der Waals surface area contributed by atoms with Gasteiger partial charge in [-0.15, -0.1) is 0 Å². The monoisotopic (exact) mass is 231 g/mol. The summed E-state index contributed by atoms with van der Waals surface area (Å²) in [6, 6.07) is 2.22. The smallest absolute Gasteiger partial charge is 0.187 e. The summed E-state index contributed by atoms with van der Waals surface area (Å²) in [5, 5.41) is 0.846. The molecule has 1 aliphatic rings. The van der Waals surface area contributed by atoms with Gasteiger partial charge in [-0.3, -0.25) is 0 Å². The molecule has 0 spiro atoms. The summed E-state index contributed by atoms with van der Waals surface area (Å²) in [6.07, 6.45) is 6.11. The van der Waals surface area contributed by atoms with E-state index in [4.69, 9.17) is 0 Å². The van der Waals surface area contributed by atoms with Crippen molar-refractivity contribution in [2.45, 2.75) is 24.9 Å². The van der Waals surface area contributed by atoms with Crippen molar-refractivity contribution in [3.05, 3.63) is 29.1 Å². The minimum atomic E-state index is 0.846. The zero-order valence-corrected chi connectivity index (χ0v) is 10.2. The number of hydrogen-bond donors (Lipinski definition) is 1. The van der Waals surface area contributed by atoms with Gasteiger partial charge in [0.2, 0.25) is 0 Å². The number of hydrogen-bond acceptors (Lipinski definition) is 3. The van der Waals surface area contributed by atoms with Crippen LogP contribution in [0.5, 0.6) is 0 Å². The Kier molecular flexibility index (Phi) is 2.24. The van der Waals surface area contributed by atoms with Gasteiger partial charge in [0.1, 0.15) is 0 Å². The molecule has 0 aliphatic heterocycles. The Bertz CT molecular complexity index is 545. The number of nitrogens with zero attached hydrogens (tertiary/aromatic N) is 2. The fraction of sp³-hybridized carbons (Fsp3) is 0.333. The van der Waals surface area contributed by atoms with Crippen molar-refractivity contribution in [3.63, 3.8) is 0 Å². The van der Waals surface area contributed by atoms with Gasteiger partial charge in [-0.25, -0.2) is 9.97 Å². The van der Waals surface area contributed by atoms with Gasteiger partial charge in [0.15, 0.2) is 5.16 Å². The van der Waals surface area contributed by atoms with Crippen LogP contribution < -0.4 is 0 Å². The molecule has 0 fully saturated rings. The van der Waals surface area contributed by atoms with E-state index in [0.29, 0.717) is 0 Å². The third-order valence-electron chi connectivity index (χ3n) is 2.96. The Hall–Kier alpha value is -1.29. The highest BCUT2D eigenvalue weighted by Crippen LogP contribution is 2.32. The highest BCUT2D eigenvalue weighted by molar-refractivity contribution is 7.98. The lowest BCUT2D eigenvalue weighted by molar-refractivity contribution is 0.867. The Morgan fingerprint density at radius 3 is 2.94 bits per heavy atom.